The molecule has 0 aliphatic carbocycles. The van der Waals surface area contributed by atoms with Crippen LogP contribution in [0.5, 0.6) is 0 Å². The van der Waals surface area contributed by atoms with Crippen molar-refractivity contribution < 1.29 is 19.2 Å². The zero-order chi connectivity index (χ0) is 13.7. The molecule has 6 heteroatoms. The number of carbonyl (C=O) groups is 2. The number of rotatable bonds is 6. The molecule has 1 rings (SSSR count). The molecule has 0 aliphatic rings. The van der Waals surface area contributed by atoms with Gasteiger partial charge in [0, 0.05) is 12.1 Å². The molecule has 100 valence electrons. The lowest BCUT2D eigenvalue weighted by molar-refractivity contribution is -0.137. The third kappa shape index (κ3) is 4.57. The van der Waals surface area contributed by atoms with Crippen molar-refractivity contribution in [3.05, 3.63) is 17.5 Å². The molecular weight excluding hydrogens is 236 g/mol. The molecule has 6 nitrogen and oxygen atoms in total. The third-order valence-electron chi connectivity index (χ3n) is 2.26. The van der Waals surface area contributed by atoms with E-state index in [-0.39, 0.29) is 12.2 Å². The van der Waals surface area contributed by atoms with Crippen molar-refractivity contribution in [3.8, 4) is 0 Å². The second-order valence-corrected chi connectivity index (χ2v) is 4.75. The average Bonchev–Trinajstić information content (AvgIpc) is 2.63. The highest BCUT2D eigenvalue weighted by molar-refractivity contribution is 5.91. The predicted molar refractivity (Wildman–Crippen MR) is 64.2 cm³/mol. The van der Waals surface area contributed by atoms with Gasteiger partial charge in [-0.05, 0) is 19.3 Å². The Kier molecular flexibility index (Phi) is 4.88. The third-order valence-corrected chi connectivity index (χ3v) is 2.26. The number of carboxylic acids is 1. The lowest BCUT2D eigenvalue weighted by atomic mass is 10.1. The van der Waals surface area contributed by atoms with Crippen molar-refractivity contribution in [2.24, 2.45) is 5.92 Å². The van der Waals surface area contributed by atoms with Gasteiger partial charge in [0.05, 0.1) is 12.1 Å². The molecule has 1 aromatic rings. The summed E-state index contributed by atoms with van der Waals surface area (Å²) in [7, 11) is 0. The van der Waals surface area contributed by atoms with Crippen molar-refractivity contribution in [2.45, 2.75) is 39.7 Å². The minimum atomic E-state index is -0.958. The zero-order valence-electron chi connectivity index (χ0n) is 10.8. The lowest BCUT2D eigenvalue weighted by Gasteiger charge is -2.09. The van der Waals surface area contributed by atoms with Crippen molar-refractivity contribution in [2.75, 3.05) is 0 Å². The molecule has 0 aliphatic heterocycles. The molecule has 1 unspecified atom stereocenters. The molecule has 0 fully saturated rings. The Labute approximate surface area is 105 Å². The van der Waals surface area contributed by atoms with Crippen LogP contribution in [-0.2, 0) is 11.2 Å². The van der Waals surface area contributed by atoms with Crippen LogP contribution in [0.3, 0.4) is 0 Å². The van der Waals surface area contributed by atoms with Gasteiger partial charge in [-0.15, -0.1) is 0 Å². The maximum Gasteiger partial charge on any atom is 0.305 e. The van der Waals surface area contributed by atoms with Gasteiger partial charge in [0.25, 0.3) is 5.91 Å². The van der Waals surface area contributed by atoms with E-state index >= 15 is 0 Å². The second kappa shape index (κ2) is 6.18. The maximum absolute atomic E-state index is 11.7. The largest absolute Gasteiger partial charge is 0.481 e. The van der Waals surface area contributed by atoms with Crippen LogP contribution in [-0.4, -0.2) is 28.2 Å². The summed E-state index contributed by atoms with van der Waals surface area (Å²) in [4.78, 5) is 22.2. The van der Waals surface area contributed by atoms with Gasteiger partial charge < -0.3 is 14.9 Å². The van der Waals surface area contributed by atoms with E-state index in [1.165, 1.54) is 0 Å². The first kappa shape index (κ1) is 14.2. The van der Waals surface area contributed by atoms with Crippen molar-refractivity contribution >= 4 is 11.9 Å². The lowest BCUT2D eigenvalue weighted by Crippen LogP contribution is -2.33. The van der Waals surface area contributed by atoms with E-state index in [0.29, 0.717) is 5.92 Å². The van der Waals surface area contributed by atoms with Crippen LogP contribution < -0.4 is 5.32 Å². The molecule has 1 atom stereocenters. The van der Waals surface area contributed by atoms with Gasteiger partial charge in [0.1, 0.15) is 0 Å². The summed E-state index contributed by atoms with van der Waals surface area (Å²) in [6.07, 6.45) is 0.611. The Morgan fingerprint density at radius 1 is 1.44 bits per heavy atom. The number of nitrogens with zero attached hydrogens (tertiary/aromatic N) is 1. The molecule has 0 aromatic carbocycles. The summed E-state index contributed by atoms with van der Waals surface area (Å²) in [6, 6.07) is 1.14. The van der Waals surface area contributed by atoms with Crippen LogP contribution in [0.4, 0.5) is 0 Å². The molecule has 1 heterocycles. The van der Waals surface area contributed by atoms with Gasteiger partial charge in [-0.3, -0.25) is 9.59 Å². The van der Waals surface area contributed by atoms with Crippen LogP contribution in [0.25, 0.3) is 0 Å². The monoisotopic (exact) mass is 254 g/mol. The Bertz CT molecular complexity index is 425. The van der Waals surface area contributed by atoms with E-state index in [0.717, 1.165) is 12.1 Å². The summed E-state index contributed by atoms with van der Waals surface area (Å²) in [6.45, 7) is 5.71. The molecular formula is C12H18N2O4. The quantitative estimate of drug-likeness (QED) is 0.801. The fraction of sp³-hybridized carbons (Fsp3) is 0.583. The maximum atomic E-state index is 11.7. The van der Waals surface area contributed by atoms with Gasteiger partial charge in [-0.1, -0.05) is 19.0 Å². The fourth-order valence-corrected chi connectivity index (χ4v) is 1.54. The SMILES string of the molecule is CC(C)Cc1cc(C(=O)NC(C)CC(=O)O)on1. The van der Waals surface area contributed by atoms with E-state index in [9.17, 15) is 9.59 Å². The van der Waals surface area contributed by atoms with E-state index in [1.54, 1.807) is 13.0 Å². The number of nitrogens with one attached hydrogen (secondary N) is 1. The highest BCUT2D eigenvalue weighted by Crippen LogP contribution is 2.09. The molecule has 0 saturated carbocycles. The number of carbonyl (C=O) groups excluding carboxylic acids is 1. The van der Waals surface area contributed by atoms with Gasteiger partial charge in [0.2, 0.25) is 5.76 Å². The molecule has 1 aromatic heterocycles. The summed E-state index contributed by atoms with van der Waals surface area (Å²) < 4.78 is 4.92. The first-order chi connectivity index (χ1) is 8.38. The van der Waals surface area contributed by atoms with Crippen molar-refractivity contribution in [1.29, 1.82) is 0 Å². The van der Waals surface area contributed by atoms with E-state index in [1.807, 2.05) is 13.8 Å². The van der Waals surface area contributed by atoms with Crippen molar-refractivity contribution in [1.82, 2.24) is 10.5 Å². The molecule has 1 amide bonds. The zero-order valence-corrected chi connectivity index (χ0v) is 10.8. The minimum Gasteiger partial charge on any atom is -0.481 e. The topological polar surface area (TPSA) is 92.4 Å². The molecule has 0 saturated heterocycles. The number of aromatic nitrogens is 1. The number of hydrogen-bond acceptors (Lipinski definition) is 4. The highest BCUT2D eigenvalue weighted by atomic mass is 16.5. The van der Waals surface area contributed by atoms with E-state index in [2.05, 4.69) is 10.5 Å². The predicted octanol–water partition coefficient (Wildman–Crippen LogP) is 1.47. The molecule has 0 spiro atoms. The van der Waals surface area contributed by atoms with Crippen molar-refractivity contribution in [3.63, 3.8) is 0 Å². The van der Waals surface area contributed by atoms with Crippen LogP contribution in [0.1, 0.15) is 43.4 Å². The summed E-state index contributed by atoms with van der Waals surface area (Å²) >= 11 is 0. The van der Waals surface area contributed by atoms with Crippen LogP contribution in [0, 0.1) is 5.92 Å². The Morgan fingerprint density at radius 3 is 2.67 bits per heavy atom. The van der Waals surface area contributed by atoms with Gasteiger partial charge in [-0.2, -0.15) is 0 Å². The normalized spacial score (nSPS) is 12.4. The first-order valence-corrected chi connectivity index (χ1v) is 5.86. The Morgan fingerprint density at radius 2 is 2.11 bits per heavy atom. The number of amides is 1. The number of carboxylic acid groups (broad SMARTS) is 1. The number of aliphatic carboxylic acids is 1. The standard InChI is InChI=1S/C12H18N2O4/c1-7(2)4-9-6-10(18-14-9)12(17)13-8(3)5-11(15)16/h6-8H,4-5H2,1-3H3,(H,13,17)(H,15,16). The van der Waals surface area contributed by atoms with Crippen LogP contribution in [0.2, 0.25) is 0 Å². The van der Waals surface area contributed by atoms with Crippen LogP contribution >= 0.6 is 0 Å². The summed E-state index contributed by atoms with van der Waals surface area (Å²) in [5, 5.41) is 14.9. The van der Waals surface area contributed by atoms with E-state index < -0.39 is 17.9 Å². The molecule has 0 bridgehead atoms. The smallest absolute Gasteiger partial charge is 0.305 e. The summed E-state index contributed by atoms with van der Waals surface area (Å²) in [5.41, 5.74) is 0.723. The van der Waals surface area contributed by atoms with Gasteiger partial charge >= 0.3 is 5.97 Å². The second-order valence-electron chi connectivity index (χ2n) is 4.75. The highest BCUT2D eigenvalue weighted by Gasteiger charge is 2.17. The Balaban J connectivity index is 2.56. The van der Waals surface area contributed by atoms with Gasteiger partial charge in [0.15, 0.2) is 0 Å². The first-order valence-electron chi connectivity index (χ1n) is 5.86. The minimum absolute atomic E-state index is 0.114. The molecule has 18 heavy (non-hydrogen) atoms. The van der Waals surface area contributed by atoms with Gasteiger partial charge in [-0.25, -0.2) is 0 Å². The van der Waals surface area contributed by atoms with E-state index in [4.69, 9.17) is 9.63 Å². The van der Waals surface area contributed by atoms with Crippen LogP contribution in [0.15, 0.2) is 10.6 Å². The fourth-order valence-electron chi connectivity index (χ4n) is 1.54. The number of hydrogen-bond donors (Lipinski definition) is 2. The molecule has 0 radical (unpaired) electrons. The summed E-state index contributed by atoms with van der Waals surface area (Å²) in [5.74, 6) is -0.855. The molecule has 2 N–H and O–H groups in total. The Hall–Kier alpha value is -1.85. The average molecular weight is 254 g/mol.